The van der Waals surface area contributed by atoms with Crippen molar-refractivity contribution in [2.24, 2.45) is 5.92 Å². The summed E-state index contributed by atoms with van der Waals surface area (Å²) in [6.45, 7) is 0.678. The van der Waals surface area contributed by atoms with Crippen LogP contribution in [0.3, 0.4) is 0 Å². The first-order chi connectivity index (χ1) is 9.15. The number of carbonyl (C=O) groups is 1. The van der Waals surface area contributed by atoms with Crippen LogP contribution in [0, 0.1) is 5.92 Å². The third-order valence-electron chi connectivity index (χ3n) is 3.76. The number of aliphatic hydroxyl groups is 1. The number of aromatic nitrogens is 2. The van der Waals surface area contributed by atoms with Crippen LogP contribution in [0.4, 0.5) is 0 Å². The van der Waals surface area contributed by atoms with Gasteiger partial charge in [-0.25, -0.2) is 0 Å². The first-order valence-corrected chi connectivity index (χ1v) is 6.52. The average Bonchev–Trinajstić information content (AvgIpc) is 2.79. The fourth-order valence-corrected chi connectivity index (χ4v) is 2.63. The molecule has 3 rings (SSSR count). The van der Waals surface area contributed by atoms with E-state index in [1.807, 2.05) is 24.3 Å². The lowest BCUT2D eigenvalue weighted by Gasteiger charge is -2.34. The molecule has 5 heteroatoms. The summed E-state index contributed by atoms with van der Waals surface area (Å²) < 4.78 is 0. The Morgan fingerprint density at radius 1 is 1.47 bits per heavy atom. The number of aliphatic hydroxyl groups excluding tert-OH is 1. The third kappa shape index (κ3) is 2.21. The second-order valence-electron chi connectivity index (χ2n) is 5.29. The van der Waals surface area contributed by atoms with Gasteiger partial charge in [-0.15, -0.1) is 0 Å². The molecule has 100 valence electrons. The zero-order chi connectivity index (χ0) is 13.4. The second kappa shape index (κ2) is 4.66. The Morgan fingerprint density at radius 2 is 2.21 bits per heavy atom. The first kappa shape index (κ1) is 12.2. The van der Waals surface area contributed by atoms with E-state index < -0.39 is 0 Å². The highest BCUT2D eigenvalue weighted by atomic mass is 16.3. The number of fused-ring (bicyclic) bond motifs is 1. The summed E-state index contributed by atoms with van der Waals surface area (Å²) in [5.74, 6) is 0.341. The van der Waals surface area contributed by atoms with E-state index in [1.54, 1.807) is 11.9 Å². The monoisotopic (exact) mass is 259 g/mol. The van der Waals surface area contributed by atoms with Crippen molar-refractivity contribution in [3.05, 3.63) is 30.0 Å². The number of para-hydroxylation sites is 1. The normalized spacial score (nSPS) is 22.2. The maximum atomic E-state index is 12.4. The van der Waals surface area contributed by atoms with Crippen LogP contribution in [-0.2, 0) is 0 Å². The lowest BCUT2D eigenvalue weighted by molar-refractivity contribution is 0.0264. The van der Waals surface area contributed by atoms with Gasteiger partial charge >= 0.3 is 0 Å². The molecule has 19 heavy (non-hydrogen) atoms. The fourth-order valence-electron chi connectivity index (χ4n) is 2.63. The smallest absolute Gasteiger partial charge is 0.274 e. The van der Waals surface area contributed by atoms with Crippen molar-refractivity contribution in [1.82, 2.24) is 15.1 Å². The van der Waals surface area contributed by atoms with Gasteiger partial charge in [-0.1, -0.05) is 18.2 Å². The third-order valence-corrected chi connectivity index (χ3v) is 3.76. The number of hydrogen-bond donors (Lipinski definition) is 2. The van der Waals surface area contributed by atoms with Gasteiger partial charge in [0.15, 0.2) is 5.69 Å². The number of hydrogen-bond acceptors (Lipinski definition) is 3. The Bertz CT molecular complexity index is 602. The predicted molar refractivity (Wildman–Crippen MR) is 71.8 cm³/mol. The van der Waals surface area contributed by atoms with E-state index >= 15 is 0 Å². The van der Waals surface area contributed by atoms with Crippen LogP contribution in [0.15, 0.2) is 24.3 Å². The minimum Gasteiger partial charge on any atom is -0.393 e. The highest BCUT2D eigenvalue weighted by Gasteiger charge is 2.30. The molecule has 0 aliphatic heterocycles. The Kier molecular flexibility index (Phi) is 2.98. The van der Waals surface area contributed by atoms with Gasteiger partial charge in [0.05, 0.1) is 11.6 Å². The van der Waals surface area contributed by atoms with E-state index in [2.05, 4.69) is 10.2 Å². The molecule has 1 aromatic carbocycles. The quantitative estimate of drug-likeness (QED) is 0.875. The lowest BCUT2D eigenvalue weighted by Crippen LogP contribution is -2.39. The molecule has 1 fully saturated rings. The molecule has 0 unspecified atom stereocenters. The van der Waals surface area contributed by atoms with Crippen LogP contribution in [-0.4, -0.2) is 45.8 Å². The van der Waals surface area contributed by atoms with Gasteiger partial charge in [0.2, 0.25) is 0 Å². The molecule has 0 saturated heterocycles. The largest absolute Gasteiger partial charge is 0.393 e. The topological polar surface area (TPSA) is 69.2 Å². The van der Waals surface area contributed by atoms with E-state index in [1.165, 1.54) is 0 Å². The zero-order valence-electron chi connectivity index (χ0n) is 10.8. The molecule has 1 amide bonds. The van der Waals surface area contributed by atoms with Crippen LogP contribution in [0.25, 0.3) is 10.9 Å². The molecule has 1 saturated carbocycles. The Balaban J connectivity index is 1.75. The maximum absolute atomic E-state index is 12.4. The summed E-state index contributed by atoms with van der Waals surface area (Å²) in [5.41, 5.74) is 1.34. The molecule has 0 spiro atoms. The molecule has 1 aliphatic carbocycles. The highest BCUT2D eigenvalue weighted by Crippen LogP contribution is 2.28. The van der Waals surface area contributed by atoms with Gasteiger partial charge in [-0.3, -0.25) is 9.89 Å². The molecular formula is C14H17N3O2. The van der Waals surface area contributed by atoms with Gasteiger partial charge in [0.25, 0.3) is 5.91 Å². The van der Waals surface area contributed by atoms with Crippen molar-refractivity contribution >= 4 is 16.8 Å². The number of aromatic amines is 1. The van der Waals surface area contributed by atoms with Crippen LogP contribution >= 0.6 is 0 Å². The fraction of sp³-hybridized carbons (Fsp3) is 0.429. The van der Waals surface area contributed by atoms with Gasteiger partial charge < -0.3 is 10.0 Å². The summed E-state index contributed by atoms with van der Waals surface area (Å²) in [6.07, 6.45) is 1.40. The number of benzene rings is 1. The lowest BCUT2D eigenvalue weighted by atomic mass is 9.82. The van der Waals surface area contributed by atoms with Crippen LogP contribution in [0.1, 0.15) is 23.3 Å². The van der Waals surface area contributed by atoms with E-state index in [9.17, 15) is 9.90 Å². The van der Waals surface area contributed by atoms with Gasteiger partial charge in [-0.05, 0) is 24.8 Å². The van der Waals surface area contributed by atoms with Crippen molar-refractivity contribution in [3.8, 4) is 0 Å². The summed E-state index contributed by atoms with van der Waals surface area (Å²) in [6, 6.07) is 7.61. The number of carbonyl (C=O) groups excluding carboxylic acids is 1. The number of amides is 1. The molecular weight excluding hydrogens is 242 g/mol. The van der Waals surface area contributed by atoms with Crippen molar-refractivity contribution < 1.29 is 9.90 Å². The predicted octanol–water partition coefficient (Wildman–Crippen LogP) is 1.41. The molecule has 2 N–H and O–H groups in total. The Hall–Kier alpha value is -1.88. The van der Waals surface area contributed by atoms with E-state index in [4.69, 9.17) is 0 Å². The minimum atomic E-state index is -0.181. The molecule has 0 bridgehead atoms. The molecule has 1 aliphatic rings. The maximum Gasteiger partial charge on any atom is 0.274 e. The van der Waals surface area contributed by atoms with Gasteiger partial charge in [0, 0.05) is 19.0 Å². The highest BCUT2D eigenvalue weighted by molar-refractivity contribution is 6.04. The van der Waals surface area contributed by atoms with Crippen LogP contribution in [0.2, 0.25) is 0 Å². The zero-order valence-corrected chi connectivity index (χ0v) is 10.8. The SMILES string of the molecule is CN(CC1CC(O)C1)C(=O)c1n[nH]c2ccccc12. The molecule has 5 nitrogen and oxygen atoms in total. The summed E-state index contributed by atoms with van der Waals surface area (Å²) in [7, 11) is 1.79. The number of rotatable bonds is 3. The second-order valence-corrected chi connectivity index (χ2v) is 5.29. The number of nitrogens with one attached hydrogen (secondary N) is 1. The summed E-state index contributed by atoms with van der Waals surface area (Å²) in [5, 5.41) is 17.1. The standard InChI is InChI=1S/C14H17N3O2/c1-17(8-9-6-10(18)7-9)14(19)13-11-4-2-3-5-12(11)15-16-13/h2-5,9-10,18H,6-8H2,1H3,(H,15,16). The van der Waals surface area contributed by atoms with E-state index in [0.29, 0.717) is 18.2 Å². The van der Waals surface area contributed by atoms with Crippen LogP contribution < -0.4 is 0 Å². The van der Waals surface area contributed by atoms with Crippen molar-refractivity contribution in [3.63, 3.8) is 0 Å². The minimum absolute atomic E-state index is 0.0705. The van der Waals surface area contributed by atoms with Gasteiger partial charge in [-0.2, -0.15) is 5.10 Å². The van der Waals surface area contributed by atoms with Crippen molar-refractivity contribution in [2.75, 3.05) is 13.6 Å². The molecule has 0 atom stereocenters. The van der Waals surface area contributed by atoms with Gasteiger partial charge in [0.1, 0.15) is 0 Å². The average molecular weight is 259 g/mol. The Labute approximate surface area is 111 Å². The van der Waals surface area contributed by atoms with Crippen molar-refractivity contribution in [1.29, 1.82) is 0 Å². The van der Waals surface area contributed by atoms with Crippen molar-refractivity contribution in [2.45, 2.75) is 18.9 Å². The first-order valence-electron chi connectivity index (χ1n) is 6.52. The Morgan fingerprint density at radius 3 is 2.95 bits per heavy atom. The number of H-pyrrole nitrogens is 1. The summed E-state index contributed by atoms with van der Waals surface area (Å²) in [4.78, 5) is 14.1. The van der Waals surface area contributed by atoms with E-state index in [0.717, 1.165) is 23.7 Å². The van der Waals surface area contributed by atoms with E-state index in [-0.39, 0.29) is 12.0 Å². The summed E-state index contributed by atoms with van der Waals surface area (Å²) >= 11 is 0. The molecule has 2 aromatic rings. The molecule has 1 aromatic heterocycles. The molecule has 1 heterocycles. The molecule has 0 radical (unpaired) electrons. The van der Waals surface area contributed by atoms with Crippen LogP contribution in [0.5, 0.6) is 0 Å². The number of nitrogens with zero attached hydrogens (tertiary/aromatic N) is 2.